The zero-order valence-corrected chi connectivity index (χ0v) is 18.2. The number of nitrogens with one attached hydrogen (secondary N) is 2. The van der Waals surface area contributed by atoms with Gasteiger partial charge in [0.15, 0.2) is 0 Å². The number of nitrogens with zero attached hydrogens (tertiary/aromatic N) is 3. The Labute approximate surface area is 176 Å². The number of aryl methyl sites for hydroxylation is 1. The molecule has 2 N–H and O–H groups in total. The molecule has 0 aliphatic carbocycles. The number of amides is 3. The summed E-state index contributed by atoms with van der Waals surface area (Å²) in [4.78, 5) is 26.6. The van der Waals surface area contributed by atoms with Crippen LogP contribution in [-0.4, -0.2) is 53.4 Å². The monoisotopic (exact) mass is 421 g/mol. The summed E-state index contributed by atoms with van der Waals surface area (Å²) >= 11 is 5.87. The van der Waals surface area contributed by atoms with Crippen molar-refractivity contribution in [3.63, 3.8) is 0 Å². The Balaban J connectivity index is 2.05. The minimum absolute atomic E-state index is 0.126. The number of aromatic nitrogens is 2. The summed E-state index contributed by atoms with van der Waals surface area (Å²) in [5, 5.41) is 10.6. The highest BCUT2D eigenvalue weighted by Crippen LogP contribution is 2.23. The maximum atomic E-state index is 12.6. The quantitative estimate of drug-likeness (QED) is 0.716. The molecule has 1 aromatic carbocycles. The average Bonchev–Trinajstić information content (AvgIpc) is 3.01. The maximum absolute atomic E-state index is 12.6. The Kier molecular flexibility index (Phi) is 7.64. The summed E-state index contributed by atoms with van der Waals surface area (Å²) in [6.45, 7) is 6.60. The molecule has 0 fully saturated rings. The van der Waals surface area contributed by atoms with Gasteiger partial charge in [-0.1, -0.05) is 32.4 Å². The van der Waals surface area contributed by atoms with Gasteiger partial charge in [0.05, 0.1) is 12.3 Å². The minimum atomic E-state index is -0.403. The smallest absolute Gasteiger partial charge is 0.322 e. The number of halogens is 1. The van der Waals surface area contributed by atoms with Crippen LogP contribution in [0.2, 0.25) is 5.02 Å². The fourth-order valence-corrected chi connectivity index (χ4v) is 2.62. The van der Waals surface area contributed by atoms with Crippen molar-refractivity contribution in [2.45, 2.75) is 26.2 Å². The number of carbonyl (C=O) groups is 2. The van der Waals surface area contributed by atoms with Crippen LogP contribution in [0.3, 0.4) is 0 Å². The predicted molar refractivity (Wildman–Crippen MR) is 114 cm³/mol. The highest BCUT2D eigenvalue weighted by molar-refractivity contribution is 6.30. The van der Waals surface area contributed by atoms with Gasteiger partial charge in [-0.05, 0) is 24.3 Å². The van der Waals surface area contributed by atoms with Gasteiger partial charge in [-0.25, -0.2) is 4.79 Å². The van der Waals surface area contributed by atoms with Crippen LogP contribution in [-0.2, 0) is 22.0 Å². The van der Waals surface area contributed by atoms with Gasteiger partial charge in [-0.15, -0.1) is 0 Å². The van der Waals surface area contributed by atoms with E-state index in [0.717, 1.165) is 5.69 Å². The number of ether oxygens (including phenoxy) is 1. The molecule has 0 unspecified atom stereocenters. The van der Waals surface area contributed by atoms with Gasteiger partial charge in [0.1, 0.15) is 12.4 Å². The molecule has 0 saturated heterocycles. The van der Waals surface area contributed by atoms with Crippen molar-refractivity contribution in [3.05, 3.63) is 41.0 Å². The number of methoxy groups -OCH3 is 1. The molecule has 0 aliphatic heterocycles. The van der Waals surface area contributed by atoms with Gasteiger partial charge < -0.3 is 20.3 Å². The molecule has 1 heterocycles. The number of anilines is 2. The molecule has 158 valence electrons. The molecule has 29 heavy (non-hydrogen) atoms. The van der Waals surface area contributed by atoms with Crippen molar-refractivity contribution in [1.82, 2.24) is 14.7 Å². The summed E-state index contributed by atoms with van der Waals surface area (Å²) in [5.74, 6) is 0.251. The van der Waals surface area contributed by atoms with E-state index in [2.05, 4.69) is 36.5 Å². The van der Waals surface area contributed by atoms with Crippen molar-refractivity contribution in [2.75, 3.05) is 37.4 Å². The van der Waals surface area contributed by atoms with Crippen LogP contribution in [0.1, 0.15) is 26.5 Å². The average molecular weight is 422 g/mol. The van der Waals surface area contributed by atoms with E-state index in [9.17, 15) is 9.59 Å². The van der Waals surface area contributed by atoms with Crippen molar-refractivity contribution in [2.24, 2.45) is 7.05 Å². The third-order valence-corrected chi connectivity index (χ3v) is 4.45. The third kappa shape index (κ3) is 6.76. The Bertz CT molecular complexity index is 843. The molecular formula is C20H28ClN5O3. The highest BCUT2D eigenvalue weighted by Gasteiger charge is 2.21. The molecule has 3 amide bonds. The van der Waals surface area contributed by atoms with Crippen LogP contribution >= 0.6 is 11.6 Å². The molecule has 0 atom stereocenters. The van der Waals surface area contributed by atoms with Crippen LogP contribution in [0.25, 0.3) is 0 Å². The molecule has 2 aromatic rings. The molecule has 9 heteroatoms. The standard InChI is InChI=1S/C20H28ClN5O3/c1-20(2,3)16-12-17(25(4)24-16)23-18(27)13-26(10-11-29-5)19(28)22-15-8-6-14(21)7-9-15/h6-9,12H,10-11,13H2,1-5H3,(H,22,28)(H,23,27). The Morgan fingerprint density at radius 3 is 2.41 bits per heavy atom. The normalized spacial score (nSPS) is 11.2. The SMILES string of the molecule is COCCN(CC(=O)Nc1cc(C(C)(C)C)nn1C)C(=O)Nc1ccc(Cl)cc1. The summed E-state index contributed by atoms with van der Waals surface area (Å²) in [6.07, 6.45) is 0. The first-order valence-corrected chi connectivity index (χ1v) is 9.62. The van der Waals surface area contributed by atoms with Gasteiger partial charge in [0.25, 0.3) is 0 Å². The molecule has 1 aromatic heterocycles. The van der Waals surface area contributed by atoms with Crippen molar-refractivity contribution < 1.29 is 14.3 Å². The van der Waals surface area contributed by atoms with Crippen LogP contribution < -0.4 is 10.6 Å². The van der Waals surface area contributed by atoms with E-state index in [4.69, 9.17) is 16.3 Å². The molecule has 0 saturated carbocycles. The van der Waals surface area contributed by atoms with Crippen molar-refractivity contribution in [1.29, 1.82) is 0 Å². The van der Waals surface area contributed by atoms with Crippen LogP contribution in [0.15, 0.2) is 30.3 Å². The first-order valence-electron chi connectivity index (χ1n) is 9.25. The van der Waals surface area contributed by atoms with E-state index >= 15 is 0 Å². The minimum Gasteiger partial charge on any atom is -0.383 e. The summed E-state index contributed by atoms with van der Waals surface area (Å²) in [5.41, 5.74) is 1.32. The Morgan fingerprint density at radius 2 is 1.86 bits per heavy atom. The lowest BCUT2D eigenvalue weighted by Gasteiger charge is -2.22. The Hall–Kier alpha value is -2.58. The third-order valence-electron chi connectivity index (χ3n) is 4.20. The van der Waals surface area contributed by atoms with Crippen LogP contribution in [0.4, 0.5) is 16.3 Å². The van der Waals surface area contributed by atoms with Crippen LogP contribution in [0, 0.1) is 0 Å². The lowest BCUT2D eigenvalue weighted by molar-refractivity contribution is -0.116. The number of carbonyl (C=O) groups excluding carboxylic acids is 2. The molecular weight excluding hydrogens is 394 g/mol. The lowest BCUT2D eigenvalue weighted by Crippen LogP contribution is -2.42. The van der Waals surface area contributed by atoms with Gasteiger partial charge in [0.2, 0.25) is 5.91 Å². The predicted octanol–water partition coefficient (Wildman–Crippen LogP) is 3.49. The van der Waals surface area contributed by atoms with Gasteiger partial charge >= 0.3 is 6.03 Å². The van der Waals surface area contributed by atoms with Crippen LogP contribution in [0.5, 0.6) is 0 Å². The number of hydrogen-bond acceptors (Lipinski definition) is 4. The first-order chi connectivity index (χ1) is 13.6. The van der Waals surface area contributed by atoms with E-state index in [1.165, 1.54) is 4.90 Å². The molecule has 8 nitrogen and oxygen atoms in total. The molecule has 2 rings (SSSR count). The number of rotatable bonds is 7. The van der Waals surface area contributed by atoms with Gasteiger partial charge in [0, 0.05) is 42.9 Å². The molecule has 0 spiro atoms. The van der Waals surface area contributed by atoms with E-state index in [-0.39, 0.29) is 24.4 Å². The number of benzene rings is 1. The highest BCUT2D eigenvalue weighted by atomic mass is 35.5. The topological polar surface area (TPSA) is 88.5 Å². The fraction of sp³-hybridized carbons (Fsp3) is 0.450. The Morgan fingerprint density at radius 1 is 1.21 bits per heavy atom. The van der Waals surface area contributed by atoms with Crippen molar-refractivity contribution in [3.8, 4) is 0 Å². The second-order valence-electron chi connectivity index (χ2n) is 7.69. The zero-order chi connectivity index (χ0) is 21.6. The first kappa shape index (κ1) is 22.7. The molecule has 0 bridgehead atoms. The largest absolute Gasteiger partial charge is 0.383 e. The van der Waals surface area contributed by atoms with Crippen molar-refractivity contribution >= 4 is 35.0 Å². The zero-order valence-electron chi connectivity index (χ0n) is 17.5. The number of hydrogen-bond donors (Lipinski definition) is 2. The molecule has 0 aliphatic rings. The fourth-order valence-electron chi connectivity index (χ4n) is 2.50. The maximum Gasteiger partial charge on any atom is 0.322 e. The second kappa shape index (κ2) is 9.76. The molecule has 0 radical (unpaired) electrons. The van der Waals surface area contributed by atoms with Gasteiger partial charge in [-0.3, -0.25) is 9.48 Å². The summed E-state index contributed by atoms with van der Waals surface area (Å²) in [6, 6.07) is 8.18. The van der Waals surface area contributed by atoms with E-state index < -0.39 is 6.03 Å². The second-order valence-corrected chi connectivity index (χ2v) is 8.12. The summed E-state index contributed by atoms with van der Waals surface area (Å²) < 4.78 is 6.68. The number of urea groups is 1. The summed E-state index contributed by atoms with van der Waals surface area (Å²) in [7, 11) is 3.31. The van der Waals surface area contributed by atoms with E-state index in [1.807, 2.05) is 6.07 Å². The lowest BCUT2D eigenvalue weighted by atomic mass is 9.92. The van der Waals surface area contributed by atoms with Gasteiger partial charge in [-0.2, -0.15) is 5.10 Å². The van der Waals surface area contributed by atoms with E-state index in [1.54, 1.807) is 43.1 Å². The van der Waals surface area contributed by atoms with E-state index in [0.29, 0.717) is 23.1 Å².